The Kier molecular flexibility index (Phi) is 6.35. The maximum absolute atomic E-state index is 12.2. The van der Waals surface area contributed by atoms with Crippen molar-refractivity contribution in [3.8, 4) is 23.0 Å². The number of aryl methyl sites for hydroxylation is 1. The van der Waals surface area contributed by atoms with Crippen molar-refractivity contribution in [3.63, 3.8) is 0 Å². The molecule has 4 aromatic rings. The lowest BCUT2D eigenvalue weighted by atomic mass is 10.1. The quantitative estimate of drug-likeness (QED) is 0.404. The summed E-state index contributed by atoms with van der Waals surface area (Å²) in [6.45, 7) is 0. The highest BCUT2D eigenvalue weighted by molar-refractivity contribution is 5.98. The number of carbonyl (C=O) groups is 2. The predicted molar refractivity (Wildman–Crippen MR) is 128 cm³/mol. The molecule has 2 aromatic carbocycles. The summed E-state index contributed by atoms with van der Waals surface area (Å²) >= 11 is 0. The summed E-state index contributed by atoms with van der Waals surface area (Å²) in [6.07, 6.45) is 3.64. The number of rotatable bonds is 8. The fourth-order valence-electron chi connectivity index (χ4n) is 3.92. The van der Waals surface area contributed by atoms with Crippen molar-refractivity contribution in [3.05, 3.63) is 65.9 Å². The first-order chi connectivity index (χ1) is 16.1. The number of nitrogens with zero attached hydrogens (tertiary/aromatic N) is 3. The van der Waals surface area contributed by atoms with E-state index < -0.39 is 0 Å². The minimum atomic E-state index is -0.179. The van der Waals surface area contributed by atoms with Crippen LogP contribution < -0.4 is 15.4 Å². The van der Waals surface area contributed by atoms with Crippen molar-refractivity contribution in [2.45, 2.75) is 12.8 Å². The van der Waals surface area contributed by atoms with Gasteiger partial charge in [-0.15, -0.1) is 0 Å². The molecule has 33 heavy (non-hydrogen) atoms. The maximum atomic E-state index is 12.2. The van der Waals surface area contributed by atoms with Crippen molar-refractivity contribution >= 4 is 28.9 Å². The van der Waals surface area contributed by atoms with Gasteiger partial charge in [-0.1, -0.05) is 0 Å². The Morgan fingerprint density at radius 3 is 2.73 bits per heavy atom. The number of hydrogen-bond donors (Lipinski definition) is 2. The van der Waals surface area contributed by atoms with Gasteiger partial charge in [-0.3, -0.25) is 9.36 Å². The largest absolute Gasteiger partial charge is 0.480 e. The molecule has 2 N–H and O–H groups in total. The second kappa shape index (κ2) is 9.52. The van der Waals surface area contributed by atoms with Crippen LogP contribution in [0.1, 0.15) is 22.3 Å². The third kappa shape index (κ3) is 4.15. The molecule has 0 saturated heterocycles. The number of hydrogen-bond acceptors (Lipinski definition) is 6. The van der Waals surface area contributed by atoms with Crippen LogP contribution in [0.15, 0.2) is 54.7 Å². The van der Waals surface area contributed by atoms with E-state index in [2.05, 4.69) is 21.7 Å². The topological polar surface area (TPSA) is 98.1 Å². The molecule has 0 aliphatic rings. The molecule has 8 nitrogen and oxygen atoms in total. The molecular formula is C25H25N5O3. The van der Waals surface area contributed by atoms with E-state index in [0.717, 1.165) is 34.3 Å². The molecular weight excluding hydrogens is 418 g/mol. The molecule has 8 heteroatoms. The first-order valence-electron chi connectivity index (χ1n) is 10.6. The zero-order valence-corrected chi connectivity index (χ0v) is 18.8. The smallest absolute Gasteiger partial charge is 0.251 e. The van der Waals surface area contributed by atoms with Crippen LogP contribution in [0.3, 0.4) is 0 Å². The van der Waals surface area contributed by atoms with Crippen molar-refractivity contribution in [2.75, 3.05) is 26.5 Å². The van der Waals surface area contributed by atoms with Gasteiger partial charge in [0, 0.05) is 43.7 Å². The second-order valence-corrected chi connectivity index (χ2v) is 7.41. The van der Waals surface area contributed by atoms with Gasteiger partial charge in [0.25, 0.3) is 5.91 Å². The van der Waals surface area contributed by atoms with E-state index in [-0.39, 0.29) is 5.91 Å². The van der Waals surface area contributed by atoms with E-state index in [4.69, 9.17) is 9.72 Å². The maximum Gasteiger partial charge on any atom is 0.251 e. The van der Waals surface area contributed by atoms with Gasteiger partial charge in [0.1, 0.15) is 6.29 Å². The van der Waals surface area contributed by atoms with Crippen molar-refractivity contribution in [1.29, 1.82) is 0 Å². The van der Waals surface area contributed by atoms with Gasteiger partial charge in [0.2, 0.25) is 5.88 Å². The summed E-state index contributed by atoms with van der Waals surface area (Å²) in [5, 5.41) is 5.84. The molecule has 0 unspecified atom stereocenters. The monoisotopic (exact) mass is 443 g/mol. The SMILES string of the molecule is CNC(=O)c1ccc2c(c1)nc(-c1cccnc1OC)n2-c1ccc(NC)c(CCC=O)c1. The van der Waals surface area contributed by atoms with Gasteiger partial charge in [-0.05, 0) is 60.5 Å². The van der Waals surface area contributed by atoms with Crippen LogP contribution in [0, 0.1) is 0 Å². The molecule has 0 bridgehead atoms. The Hall–Kier alpha value is -4.20. The van der Waals surface area contributed by atoms with Gasteiger partial charge in [0.15, 0.2) is 5.82 Å². The van der Waals surface area contributed by atoms with Crippen molar-refractivity contribution < 1.29 is 14.3 Å². The Morgan fingerprint density at radius 1 is 1.15 bits per heavy atom. The van der Waals surface area contributed by atoms with Crippen LogP contribution in [0.5, 0.6) is 5.88 Å². The molecule has 0 aliphatic heterocycles. The lowest BCUT2D eigenvalue weighted by molar-refractivity contribution is -0.107. The number of aromatic nitrogens is 3. The zero-order chi connectivity index (χ0) is 23.4. The zero-order valence-electron chi connectivity index (χ0n) is 18.8. The van der Waals surface area contributed by atoms with Crippen LogP contribution in [0.25, 0.3) is 28.1 Å². The minimum Gasteiger partial charge on any atom is -0.480 e. The van der Waals surface area contributed by atoms with E-state index in [0.29, 0.717) is 35.6 Å². The van der Waals surface area contributed by atoms with E-state index in [9.17, 15) is 9.59 Å². The number of nitrogens with one attached hydrogen (secondary N) is 2. The van der Waals surface area contributed by atoms with E-state index in [1.807, 2.05) is 41.9 Å². The summed E-state index contributed by atoms with van der Waals surface area (Å²) in [6, 6.07) is 15.2. The predicted octanol–water partition coefficient (Wildman–Crippen LogP) is 3.63. The first-order valence-corrected chi connectivity index (χ1v) is 10.6. The highest BCUT2D eigenvalue weighted by Gasteiger charge is 2.20. The molecule has 0 saturated carbocycles. The van der Waals surface area contributed by atoms with Gasteiger partial charge in [0.05, 0.1) is 23.7 Å². The van der Waals surface area contributed by atoms with Gasteiger partial charge < -0.3 is 20.2 Å². The van der Waals surface area contributed by atoms with Crippen LogP contribution in [-0.4, -0.2) is 47.9 Å². The Morgan fingerprint density at radius 2 is 2.00 bits per heavy atom. The Bertz CT molecular complexity index is 1330. The number of aldehydes is 1. The number of fused-ring (bicyclic) bond motifs is 1. The van der Waals surface area contributed by atoms with Crippen molar-refractivity contribution in [1.82, 2.24) is 19.9 Å². The molecule has 0 spiro atoms. The third-order valence-electron chi connectivity index (χ3n) is 5.50. The van der Waals surface area contributed by atoms with E-state index >= 15 is 0 Å². The molecule has 168 valence electrons. The second-order valence-electron chi connectivity index (χ2n) is 7.41. The number of ether oxygens (including phenoxy) is 1. The van der Waals surface area contributed by atoms with Crippen LogP contribution in [0.4, 0.5) is 5.69 Å². The molecule has 0 radical (unpaired) electrons. The summed E-state index contributed by atoms with van der Waals surface area (Å²) < 4.78 is 7.52. The molecule has 0 atom stereocenters. The Balaban J connectivity index is 1.99. The molecule has 1 amide bonds. The number of methoxy groups -OCH3 is 1. The number of carbonyl (C=O) groups excluding carboxylic acids is 2. The van der Waals surface area contributed by atoms with E-state index in [1.54, 1.807) is 32.5 Å². The number of anilines is 1. The first kappa shape index (κ1) is 22.0. The summed E-state index contributed by atoms with van der Waals surface area (Å²) in [5.74, 6) is 0.914. The van der Waals surface area contributed by atoms with Crippen LogP contribution >= 0.6 is 0 Å². The van der Waals surface area contributed by atoms with Crippen LogP contribution in [-0.2, 0) is 11.2 Å². The minimum absolute atomic E-state index is 0.179. The lowest BCUT2D eigenvalue weighted by Gasteiger charge is -2.15. The van der Waals surface area contributed by atoms with Gasteiger partial charge in [-0.25, -0.2) is 9.97 Å². The Labute approximate surface area is 191 Å². The number of amides is 1. The van der Waals surface area contributed by atoms with Gasteiger partial charge >= 0.3 is 0 Å². The van der Waals surface area contributed by atoms with Crippen LogP contribution in [0.2, 0.25) is 0 Å². The summed E-state index contributed by atoms with van der Waals surface area (Å²) in [5.41, 5.74) is 5.63. The normalized spacial score (nSPS) is 10.8. The van der Waals surface area contributed by atoms with Gasteiger partial charge in [-0.2, -0.15) is 0 Å². The summed E-state index contributed by atoms with van der Waals surface area (Å²) in [7, 11) is 5.03. The highest BCUT2D eigenvalue weighted by Crippen LogP contribution is 2.34. The number of benzene rings is 2. The highest BCUT2D eigenvalue weighted by atomic mass is 16.5. The average molecular weight is 444 g/mol. The van der Waals surface area contributed by atoms with Crippen molar-refractivity contribution in [2.24, 2.45) is 0 Å². The molecule has 4 rings (SSSR count). The summed E-state index contributed by atoms with van der Waals surface area (Å²) in [4.78, 5) is 32.4. The standard InChI is InChI=1S/C25H25N5O3/c1-26-20-10-9-18(14-16(20)6-5-13-31)30-22-11-8-17(24(32)27-2)15-21(22)29-23(30)19-7-4-12-28-25(19)33-3/h4,7-15,26H,5-6H2,1-3H3,(H,27,32). The third-order valence-corrected chi connectivity index (χ3v) is 5.50. The molecule has 0 fully saturated rings. The molecule has 0 aliphatic carbocycles. The molecule has 2 heterocycles. The number of imidazole rings is 1. The fraction of sp³-hybridized carbons (Fsp3) is 0.200. The average Bonchev–Trinajstić information content (AvgIpc) is 3.25. The van der Waals surface area contributed by atoms with E-state index in [1.165, 1.54) is 0 Å². The lowest BCUT2D eigenvalue weighted by Crippen LogP contribution is -2.17. The molecule has 2 aromatic heterocycles. The fourth-order valence-corrected chi connectivity index (χ4v) is 3.92. The number of pyridine rings is 1.